The normalized spacial score (nSPS) is 17.8. The minimum absolute atomic E-state index is 0.120. The zero-order chi connectivity index (χ0) is 16.7. The van der Waals surface area contributed by atoms with E-state index in [4.69, 9.17) is 9.84 Å². The minimum Gasteiger partial charge on any atom is -0.494 e. The number of hydrogen-bond acceptors (Lipinski definition) is 3. The van der Waals surface area contributed by atoms with E-state index in [1.807, 2.05) is 36.1 Å². The van der Waals surface area contributed by atoms with Crippen molar-refractivity contribution in [1.82, 2.24) is 4.90 Å². The van der Waals surface area contributed by atoms with Crippen molar-refractivity contribution < 1.29 is 19.4 Å². The van der Waals surface area contributed by atoms with Crippen LogP contribution in [0.1, 0.15) is 38.2 Å². The molecule has 1 amide bonds. The summed E-state index contributed by atoms with van der Waals surface area (Å²) in [4.78, 5) is 25.0. The number of ether oxygens (including phenoxy) is 1. The lowest BCUT2D eigenvalue weighted by atomic mass is 9.93. The number of carboxylic acids is 1. The molecule has 1 aliphatic heterocycles. The average Bonchev–Trinajstić information content (AvgIpc) is 2.55. The summed E-state index contributed by atoms with van der Waals surface area (Å²) in [6, 6.07) is 7.62. The Morgan fingerprint density at radius 1 is 1.30 bits per heavy atom. The summed E-state index contributed by atoms with van der Waals surface area (Å²) in [6.07, 6.45) is 3.20. The molecule has 0 saturated carbocycles. The number of carbonyl (C=O) groups excluding carboxylic acids is 1. The quantitative estimate of drug-likeness (QED) is 0.839. The van der Waals surface area contributed by atoms with E-state index < -0.39 is 5.97 Å². The highest BCUT2D eigenvalue weighted by molar-refractivity contribution is 5.79. The number of carboxylic acid groups (broad SMARTS) is 1. The van der Waals surface area contributed by atoms with Gasteiger partial charge in [-0.3, -0.25) is 9.59 Å². The number of piperidine rings is 1. The highest BCUT2D eigenvalue weighted by atomic mass is 16.5. The summed E-state index contributed by atoms with van der Waals surface area (Å²) in [5.41, 5.74) is 0.978. The van der Waals surface area contributed by atoms with E-state index in [0.29, 0.717) is 31.9 Å². The number of carbonyl (C=O) groups is 2. The van der Waals surface area contributed by atoms with E-state index in [1.54, 1.807) is 0 Å². The molecule has 2 rings (SSSR count). The number of likely N-dealkylation sites (tertiary alicyclic amines) is 1. The predicted molar refractivity (Wildman–Crippen MR) is 87.5 cm³/mol. The van der Waals surface area contributed by atoms with Crippen LogP contribution in [0, 0.1) is 5.92 Å². The fourth-order valence-corrected chi connectivity index (χ4v) is 3.01. The summed E-state index contributed by atoms with van der Waals surface area (Å²) in [7, 11) is 0. The molecule has 1 fully saturated rings. The van der Waals surface area contributed by atoms with Crippen molar-refractivity contribution >= 4 is 11.9 Å². The third kappa shape index (κ3) is 5.58. The predicted octanol–water partition coefficient (Wildman–Crippen LogP) is 2.73. The molecule has 1 saturated heterocycles. The molecule has 0 bridgehead atoms. The Kier molecular flexibility index (Phi) is 6.44. The summed E-state index contributed by atoms with van der Waals surface area (Å²) in [5, 5.41) is 8.78. The largest absolute Gasteiger partial charge is 0.494 e. The molecule has 0 radical (unpaired) electrons. The number of benzene rings is 1. The molecular formula is C18H25NO4. The molecule has 0 aromatic heterocycles. The Bertz CT molecular complexity index is 526. The molecular weight excluding hydrogens is 294 g/mol. The second-order valence-corrected chi connectivity index (χ2v) is 6.03. The van der Waals surface area contributed by atoms with Crippen molar-refractivity contribution in [2.24, 2.45) is 5.92 Å². The van der Waals surface area contributed by atoms with Crippen LogP contribution >= 0.6 is 0 Å². The zero-order valence-corrected chi connectivity index (χ0v) is 13.7. The van der Waals surface area contributed by atoms with E-state index in [1.165, 1.54) is 0 Å². The van der Waals surface area contributed by atoms with Crippen molar-refractivity contribution in [1.29, 1.82) is 0 Å². The zero-order valence-electron chi connectivity index (χ0n) is 13.7. The molecule has 1 heterocycles. The fraction of sp³-hybridized carbons (Fsp3) is 0.556. The van der Waals surface area contributed by atoms with Gasteiger partial charge in [-0.1, -0.05) is 12.1 Å². The maximum absolute atomic E-state index is 12.4. The smallest absolute Gasteiger partial charge is 0.303 e. The molecule has 5 heteroatoms. The second kappa shape index (κ2) is 8.56. The van der Waals surface area contributed by atoms with Gasteiger partial charge in [-0.15, -0.1) is 0 Å². The molecule has 0 spiro atoms. The van der Waals surface area contributed by atoms with Crippen molar-refractivity contribution in [2.45, 2.75) is 39.0 Å². The summed E-state index contributed by atoms with van der Waals surface area (Å²) in [6.45, 7) is 4.03. The molecule has 126 valence electrons. The molecule has 0 aliphatic carbocycles. The van der Waals surface area contributed by atoms with Gasteiger partial charge in [0, 0.05) is 19.5 Å². The van der Waals surface area contributed by atoms with Gasteiger partial charge < -0.3 is 14.7 Å². The topological polar surface area (TPSA) is 66.8 Å². The molecule has 1 aliphatic rings. The fourth-order valence-electron chi connectivity index (χ4n) is 3.01. The Labute approximate surface area is 137 Å². The summed E-state index contributed by atoms with van der Waals surface area (Å²) in [5.74, 6) is 0.483. The maximum Gasteiger partial charge on any atom is 0.303 e. The lowest BCUT2D eigenvalue weighted by molar-refractivity contribution is -0.137. The van der Waals surface area contributed by atoms with E-state index in [0.717, 1.165) is 30.7 Å². The third-order valence-electron chi connectivity index (χ3n) is 4.23. The first-order chi connectivity index (χ1) is 11.1. The molecule has 1 aromatic carbocycles. The van der Waals surface area contributed by atoms with Crippen molar-refractivity contribution in [3.05, 3.63) is 29.8 Å². The van der Waals surface area contributed by atoms with Crippen molar-refractivity contribution in [3.63, 3.8) is 0 Å². The molecule has 1 atom stereocenters. The lowest BCUT2D eigenvalue weighted by Crippen LogP contribution is -2.40. The monoisotopic (exact) mass is 319 g/mol. The Morgan fingerprint density at radius 2 is 2.04 bits per heavy atom. The second-order valence-electron chi connectivity index (χ2n) is 6.03. The minimum atomic E-state index is -0.761. The van der Waals surface area contributed by atoms with Crippen LogP contribution in [0.2, 0.25) is 0 Å². The Morgan fingerprint density at radius 3 is 2.70 bits per heavy atom. The first kappa shape index (κ1) is 17.3. The van der Waals surface area contributed by atoms with Crippen LogP contribution in [0.15, 0.2) is 24.3 Å². The molecule has 5 nitrogen and oxygen atoms in total. The molecule has 1 aromatic rings. The SMILES string of the molecule is CCOc1ccc(CC(=O)N2CCC[C@H](CCC(=O)O)C2)cc1. The number of aliphatic carboxylic acids is 1. The van der Waals surface area contributed by atoms with Crippen LogP contribution in [0.3, 0.4) is 0 Å². The first-order valence-electron chi connectivity index (χ1n) is 8.29. The van der Waals surface area contributed by atoms with Crippen LogP contribution in [0.5, 0.6) is 5.75 Å². The van der Waals surface area contributed by atoms with Gasteiger partial charge in [0.25, 0.3) is 0 Å². The van der Waals surface area contributed by atoms with E-state index in [2.05, 4.69) is 0 Å². The third-order valence-corrected chi connectivity index (χ3v) is 4.23. The summed E-state index contributed by atoms with van der Waals surface area (Å²) >= 11 is 0. The first-order valence-corrected chi connectivity index (χ1v) is 8.29. The van der Waals surface area contributed by atoms with Gasteiger partial charge in [0.2, 0.25) is 5.91 Å². The Balaban J connectivity index is 1.85. The van der Waals surface area contributed by atoms with Gasteiger partial charge in [-0.05, 0) is 49.8 Å². The van der Waals surface area contributed by atoms with Gasteiger partial charge in [-0.2, -0.15) is 0 Å². The van der Waals surface area contributed by atoms with Crippen LogP contribution < -0.4 is 4.74 Å². The van der Waals surface area contributed by atoms with E-state index in [-0.39, 0.29) is 12.3 Å². The van der Waals surface area contributed by atoms with Gasteiger partial charge in [-0.25, -0.2) is 0 Å². The van der Waals surface area contributed by atoms with Crippen LogP contribution in [-0.2, 0) is 16.0 Å². The molecule has 0 unspecified atom stereocenters. The van der Waals surface area contributed by atoms with E-state index >= 15 is 0 Å². The average molecular weight is 319 g/mol. The standard InChI is InChI=1S/C18H25NO4/c1-2-23-16-8-5-14(6-9-16)12-17(20)19-11-3-4-15(13-19)7-10-18(21)22/h5-6,8-9,15H,2-4,7,10-13H2,1H3,(H,21,22)/t15-/m1/s1. The number of hydrogen-bond donors (Lipinski definition) is 1. The highest BCUT2D eigenvalue weighted by Gasteiger charge is 2.24. The number of rotatable bonds is 7. The van der Waals surface area contributed by atoms with Crippen LogP contribution in [0.25, 0.3) is 0 Å². The van der Waals surface area contributed by atoms with Crippen molar-refractivity contribution in [2.75, 3.05) is 19.7 Å². The van der Waals surface area contributed by atoms with Crippen molar-refractivity contribution in [3.8, 4) is 5.75 Å². The number of nitrogens with zero attached hydrogens (tertiary/aromatic N) is 1. The highest BCUT2D eigenvalue weighted by Crippen LogP contribution is 2.22. The summed E-state index contributed by atoms with van der Waals surface area (Å²) < 4.78 is 5.40. The molecule has 23 heavy (non-hydrogen) atoms. The Hall–Kier alpha value is -2.04. The van der Waals surface area contributed by atoms with Gasteiger partial charge >= 0.3 is 5.97 Å². The lowest BCUT2D eigenvalue weighted by Gasteiger charge is -2.32. The van der Waals surface area contributed by atoms with Gasteiger partial charge in [0.05, 0.1) is 13.0 Å². The van der Waals surface area contributed by atoms with Crippen LogP contribution in [0.4, 0.5) is 0 Å². The van der Waals surface area contributed by atoms with Gasteiger partial charge in [0.15, 0.2) is 0 Å². The van der Waals surface area contributed by atoms with Gasteiger partial charge in [0.1, 0.15) is 5.75 Å². The van der Waals surface area contributed by atoms with Crippen LogP contribution in [-0.4, -0.2) is 41.6 Å². The maximum atomic E-state index is 12.4. The molecule has 1 N–H and O–H groups in total. The van der Waals surface area contributed by atoms with E-state index in [9.17, 15) is 9.59 Å². The number of amides is 1.